The van der Waals surface area contributed by atoms with E-state index in [1.807, 2.05) is 72.8 Å². The summed E-state index contributed by atoms with van der Waals surface area (Å²) in [5, 5.41) is 21.7. The average molecular weight is 680 g/mol. The van der Waals surface area contributed by atoms with Crippen LogP contribution < -0.4 is 10.4 Å². The number of nitrogens with zero attached hydrogens (tertiary/aromatic N) is 1. The van der Waals surface area contributed by atoms with Gasteiger partial charge in [0.1, 0.15) is 5.75 Å². The molecule has 1 fully saturated rings. The number of phenols is 1. The second kappa shape index (κ2) is 14.0. The first kappa shape index (κ1) is 34.1. The van der Waals surface area contributed by atoms with Crippen molar-refractivity contribution in [3.05, 3.63) is 132 Å². The van der Waals surface area contributed by atoms with E-state index in [2.05, 4.69) is 50.0 Å². The van der Waals surface area contributed by atoms with E-state index >= 15 is 0 Å². The van der Waals surface area contributed by atoms with Crippen molar-refractivity contribution >= 4 is 47.3 Å². The average Bonchev–Trinajstić information content (AvgIpc) is 3.34. The fraction of sp³-hybridized carbons (Fsp3) is 0.289. The molecular formula is C38H42BNO6SSi. The third kappa shape index (κ3) is 6.99. The lowest BCUT2D eigenvalue weighted by molar-refractivity contribution is 0.170. The number of fused-ring (bicyclic) bond motifs is 1. The number of allylic oxidation sites excluding steroid dienone is 1. The summed E-state index contributed by atoms with van der Waals surface area (Å²) in [5.41, 5.74) is 4.09. The molecule has 3 heterocycles. The van der Waals surface area contributed by atoms with Gasteiger partial charge in [0.2, 0.25) is 0 Å². The van der Waals surface area contributed by atoms with Crippen molar-refractivity contribution in [1.82, 2.24) is 4.98 Å². The number of hydrogen-bond donors (Lipinski definition) is 2. The SMILES string of the molecule is CC(C)(C)[Si](OCC1=C2[C@@H](CC/C(=C/c3ccc(O)cc3)c3ccccn3)OB(O)C[C@@H]2S(=O)(=O)C1)(c1ccccc1)c1ccccc1. The maximum atomic E-state index is 13.7. The lowest BCUT2D eigenvalue weighted by atomic mass is 9.74. The van der Waals surface area contributed by atoms with Gasteiger partial charge in [-0.2, -0.15) is 0 Å². The van der Waals surface area contributed by atoms with Gasteiger partial charge in [-0.3, -0.25) is 4.98 Å². The third-order valence-corrected chi connectivity index (χ3v) is 16.5. The highest BCUT2D eigenvalue weighted by molar-refractivity contribution is 7.92. The van der Waals surface area contributed by atoms with Gasteiger partial charge in [-0.05, 0) is 80.9 Å². The minimum absolute atomic E-state index is 0.00727. The van der Waals surface area contributed by atoms with Crippen molar-refractivity contribution in [3.63, 3.8) is 0 Å². The minimum atomic E-state index is -3.57. The number of aromatic nitrogens is 1. The first-order chi connectivity index (χ1) is 23.0. The summed E-state index contributed by atoms with van der Waals surface area (Å²) in [7, 11) is -7.69. The molecule has 1 saturated heterocycles. The summed E-state index contributed by atoms with van der Waals surface area (Å²) in [5.74, 6) is 0.0678. The molecule has 6 rings (SSSR count). The molecule has 4 aromatic rings. The molecule has 48 heavy (non-hydrogen) atoms. The Morgan fingerprint density at radius 1 is 0.958 bits per heavy atom. The number of aromatic hydroxyl groups is 1. The van der Waals surface area contributed by atoms with E-state index < -0.39 is 36.6 Å². The Morgan fingerprint density at radius 2 is 1.58 bits per heavy atom. The molecule has 10 heteroatoms. The highest BCUT2D eigenvalue weighted by Crippen LogP contribution is 2.42. The van der Waals surface area contributed by atoms with E-state index in [1.165, 1.54) is 0 Å². The molecule has 0 unspecified atom stereocenters. The molecule has 0 amide bonds. The first-order valence-electron chi connectivity index (χ1n) is 16.4. The lowest BCUT2D eigenvalue weighted by Crippen LogP contribution is -2.66. The highest BCUT2D eigenvalue weighted by Gasteiger charge is 2.52. The predicted molar refractivity (Wildman–Crippen MR) is 195 cm³/mol. The van der Waals surface area contributed by atoms with Gasteiger partial charge in [0, 0.05) is 12.5 Å². The molecule has 2 aliphatic heterocycles. The summed E-state index contributed by atoms with van der Waals surface area (Å²) in [6.07, 6.45) is 4.12. The molecule has 0 bridgehead atoms. The topological polar surface area (TPSA) is 106 Å². The van der Waals surface area contributed by atoms with Crippen molar-refractivity contribution in [2.75, 3.05) is 12.4 Å². The van der Waals surface area contributed by atoms with Crippen LogP contribution in [-0.2, 0) is 18.9 Å². The minimum Gasteiger partial charge on any atom is -0.508 e. The van der Waals surface area contributed by atoms with E-state index in [0.29, 0.717) is 12.8 Å². The lowest BCUT2D eigenvalue weighted by Gasteiger charge is -2.43. The van der Waals surface area contributed by atoms with E-state index in [1.54, 1.807) is 18.3 Å². The van der Waals surface area contributed by atoms with Gasteiger partial charge in [-0.15, -0.1) is 0 Å². The molecule has 2 aliphatic rings. The van der Waals surface area contributed by atoms with Gasteiger partial charge in [-0.1, -0.05) is 99.6 Å². The Hall–Kier alpha value is -3.80. The Morgan fingerprint density at radius 3 is 2.17 bits per heavy atom. The summed E-state index contributed by atoms with van der Waals surface area (Å²) >= 11 is 0. The van der Waals surface area contributed by atoms with Crippen molar-refractivity contribution in [2.24, 2.45) is 0 Å². The molecule has 0 spiro atoms. The van der Waals surface area contributed by atoms with Crippen LogP contribution in [0.15, 0.2) is 120 Å². The largest absolute Gasteiger partial charge is 0.508 e. The smallest absolute Gasteiger partial charge is 0.456 e. The van der Waals surface area contributed by atoms with Crippen molar-refractivity contribution in [2.45, 2.75) is 56.3 Å². The van der Waals surface area contributed by atoms with Crippen LogP contribution >= 0.6 is 0 Å². The van der Waals surface area contributed by atoms with Gasteiger partial charge >= 0.3 is 7.12 Å². The zero-order valence-electron chi connectivity index (χ0n) is 27.6. The second-order valence-corrected chi connectivity index (χ2v) is 20.1. The number of phenolic OH excluding ortho intramolecular Hbond substituents is 1. The predicted octanol–water partition coefficient (Wildman–Crippen LogP) is 5.66. The van der Waals surface area contributed by atoms with Crippen molar-refractivity contribution in [3.8, 4) is 5.75 Å². The van der Waals surface area contributed by atoms with Crippen molar-refractivity contribution in [1.29, 1.82) is 0 Å². The number of hydrogen-bond acceptors (Lipinski definition) is 7. The summed E-state index contributed by atoms with van der Waals surface area (Å²) in [4.78, 5) is 4.58. The maximum absolute atomic E-state index is 13.7. The molecule has 3 aromatic carbocycles. The van der Waals surface area contributed by atoms with Gasteiger partial charge in [0.05, 0.1) is 29.4 Å². The molecule has 0 saturated carbocycles. The Labute approximate surface area is 285 Å². The summed E-state index contributed by atoms with van der Waals surface area (Å²) in [6, 6.07) is 33.3. The van der Waals surface area contributed by atoms with E-state index in [-0.39, 0.29) is 29.5 Å². The van der Waals surface area contributed by atoms with Crippen LogP contribution in [-0.4, -0.2) is 62.7 Å². The summed E-state index contributed by atoms with van der Waals surface area (Å²) in [6.45, 7) is 6.76. The Bertz CT molecular complexity index is 1840. The van der Waals surface area contributed by atoms with Crippen molar-refractivity contribution < 1.29 is 27.6 Å². The number of rotatable bonds is 10. The van der Waals surface area contributed by atoms with Crippen LogP contribution in [0.4, 0.5) is 0 Å². The summed E-state index contributed by atoms with van der Waals surface area (Å²) < 4.78 is 40.7. The van der Waals surface area contributed by atoms with Crippen LogP contribution in [0.2, 0.25) is 11.4 Å². The van der Waals surface area contributed by atoms with Crippen LogP contribution in [0.25, 0.3) is 11.6 Å². The van der Waals surface area contributed by atoms with E-state index in [4.69, 9.17) is 9.08 Å². The Balaban J connectivity index is 1.37. The van der Waals surface area contributed by atoms with Gasteiger partial charge in [0.15, 0.2) is 9.84 Å². The number of pyridine rings is 1. The number of sulfone groups is 1. The number of benzene rings is 3. The van der Waals surface area contributed by atoms with Crippen LogP contribution in [0.1, 0.15) is 44.9 Å². The van der Waals surface area contributed by atoms with Gasteiger partial charge in [-0.25, -0.2) is 8.42 Å². The van der Waals surface area contributed by atoms with Crippen LogP contribution in [0.5, 0.6) is 5.75 Å². The highest BCUT2D eigenvalue weighted by atomic mass is 32.2. The van der Waals surface area contributed by atoms with E-state index in [0.717, 1.165) is 38.4 Å². The molecule has 0 radical (unpaired) electrons. The zero-order chi connectivity index (χ0) is 33.9. The van der Waals surface area contributed by atoms with Gasteiger partial charge < -0.3 is 19.2 Å². The third-order valence-electron chi connectivity index (χ3n) is 9.43. The van der Waals surface area contributed by atoms with Crippen LogP contribution in [0, 0.1) is 0 Å². The molecule has 7 nitrogen and oxygen atoms in total. The fourth-order valence-electron chi connectivity index (χ4n) is 7.25. The molecule has 2 atom stereocenters. The molecule has 1 aromatic heterocycles. The maximum Gasteiger partial charge on any atom is 0.456 e. The van der Waals surface area contributed by atoms with Crippen LogP contribution in [0.3, 0.4) is 0 Å². The fourth-order valence-corrected chi connectivity index (χ4v) is 13.9. The quantitative estimate of drug-likeness (QED) is 0.165. The zero-order valence-corrected chi connectivity index (χ0v) is 29.4. The molecule has 0 aliphatic carbocycles. The first-order valence-corrected chi connectivity index (χ1v) is 20.0. The Kier molecular flexibility index (Phi) is 9.92. The molecule has 248 valence electrons. The molecular weight excluding hydrogens is 637 g/mol. The van der Waals surface area contributed by atoms with E-state index in [9.17, 15) is 18.5 Å². The second-order valence-electron chi connectivity index (χ2n) is 13.6. The normalized spacial score (nSPS) is 19.8. The molecule has 2 N–H and O–H groups in total. The van der Waals surface area contributed by atoms with Gasteiger partial charge in [0.25, 0.3) is 8.32 Å². The monoisotopic (exact) mass is 679 g/mol. The standard InChI is InChI=1S/C38H42BNO6SSi/c1-38(2,3)48(32-12-6-4-7-13-32,33-14-8-5-9-15-33)45-26-30-27-47(43,44)36-25-39(42)46-35(37(30)36)22-19-29(34-16-10-11-23-40-34)24-28-17-20-31(41)21-18-28/h4-18,20-21,23-24,35-36,41-42H,19,22,25-27H2,1-3H3/b29-24-/t35-,36+/m1/s1.